The molecular weight excluding hydrogens is 235 g/mol. The SMILES string of the molecule is O=C(Nc1ccc(F)c(F)c1F)c1ccoc1. The molecule has 88 valence electrons. The molecule has 0 atom stereocenters. The summed E-state index contributed by atoms with van der Waals surface area (Å²) in [6.45, 7) is 0. The highest BCUT2D eigenvalue weighted by molar-refractivity contribution is 6.04. The van der Waals surface area contributed by atoms with Gasteiger partial charge in [0.25, 0.3) is 5.91 Å². The molecule has 0 saturated carbocycles. The van der Waals surface area contributed by atoms with Gasteiger partial charge in [-0.15, -0.1) is 0 Å². The number of anilines is 1. The molecule has 17 heavy (non-hydrogen) atoms. The van der Waals surface area contributed by atoms with Gasteiger partial charge in [0, 0.05) is 0 Å². The quantitative estimate of drug-likeness (QED) is 0.821. The number of carbonyl (C=O) groups excluding carboxylic acids is 1. The lowest BCUT2D eigenvalue weighted by Gasteiger charge is -2.05. The molecular formula is C11H6F3NO2. The van der Waals surface area contributed by atoms with Crippen molar-refractivity contribution in [1.29, 1.82) is 0 Å². The van der Waals surface area contributed by atoms with Crippen LogP contribution in [0.5, 0.6) is 0 Å². The van der Waals surface area contributed by atoms with Crippen LogP contribution in [0.25, 0.3) is 0 Å². The van der Waals surface area contributed by atoms with Crippen molar-refractivity contribution in [3.8, 4) is 0 Å². The number of furan rings is 1. The third-order valence-corrected chi connectivity index (χ3v) is 2.07. The minimum Gasteiger partial charge on any atom is -0.472 e. The van der Waals surface area contributed by atoms with Crippen LogP contribution in [-0.4, -0.2) is 5.91 Å². The lowest BCUT2D eigenvalue weighted by atomic mass is 10.2. The first kappa shape index (κ1) is 11.3. The maximum absolute atomic E-state index is 13.2. The first-order valence-electron chi connectivity index (χ1n) is 4.56. The van der Waals surface area contributed by atoms with Gasteiger partial charge in [-0.1, -0.05) is 0 Å². The van der Waals surface area contributed by atoms with Crippen molar-refractivity contribution in [3.05, 3.63) is 53.7 Å². The first-order chi connectivity index (χ1) is 8.09. The number of carbonyl (C=O) groups is 1. The Morgan fingerprint density at radius 2 is 1.88 bits per heavy atom. The Balaban J connectivity index is 2.25. The van der Waals surface area contributed by atoms with Crippen LogP contribution in [0.2, 0.25) is 0 Å². The minimum absolute atomic E-state index is 0.147. The van der Waals surface area contributed by atoms with Gasteiger partial charge in [0.05, 0.1) is 17.5 Å². The van der Waals surface area contributed by atoms with Crippen molar-refractivity contribution < 1.29 is 22.4 Å². The van der Waals surface area contributed by atoms with E-state index in [1.807, 2.05) is 0 Å². The van der Waals surface area contributed by atoms with E-state index in [1.165, 1.54) is 12.3 Å². The average molecular weight is 241 g/mol. The summed E-state index contributed by atoms with van der Waals surface area (Å²) in [7, 11) is 0. The lowest BCUT2D eigenvalue weighted by molar-refractivity contribution is 0.102. The van der Waals surface area contributed by atoms with Gasteiger partial charge in [-0.25, -0.2) is 13.2 Å². The molecule has 6 heteroatoms. The topological polar surface area (TPSA) is 42.2 Å². The van der Waals surface area contributed by atoms with E-state index in [2.05, 4.69) is 9.73 Å². The molecule has 0 spiro atoms. The summed E-state index contributed by atoms with van der Waals surface area (Å²) in [6, 6.07) is 3.02. The number of nitrogens with one attached hydrogen (secondary N) is 1. The molecule has 0 bridgehead atoms. The Morgan fingerprint density at radius 3 is 2.53 bits per heavy atom. The molecule has 0 aliphatic carbocycles. The highest BCUT2D eigenvalue weighted by Gasteiger charge is 2.16. The molecule has 1 amide bonds. The zero-order valence-electron chi connectivity index (χ0n) is 8.34. The van der Waals surface area contributed by atoms with Crippen LogP contribution < -0.4 is 5.32 Å². The molecule has 0 unspecified atom stereocenters. The third-order valence-electron chi connectivity index (χ3n) is 2.07. The molecule has 3 nitrogen and oxygen atoms in total. The second kappa shape index (κ2) is 4.32. The number of halogens is 3. The van der Waals surface area contributed by atoms with Gasteiger partial charge in [0.15, 0.2) is 17.5 Å². The van der Waals surface area contributed by atoms with Crippen LogP contribution in [0, 0.1) is 17.5 Å². The maximum atomic E-state index is 13.2. The summed E-state index contributed by atoms with van der Waals surface area (Å²) >= 11 is 0. The lowest BCUT2D eigenvalue weighted by Crippen LogP contribution is -2.13. The third kappa shape index (κ3) is 2.15. The second-order valence-corrected chi connectivity index (χ2v) is 3.19. The van der Waals surface area contributed by atoms with E-state index in [1.54, 1.807) is 0 Å². The van der Waals surface area contributed by atoms with Crippen LogP contribution in [0.4, 0.5) is 18.9 Å². The van der Waals surface area contributed by atoms with Crippen molar-refractivity contribution in [2.75, 3.05) is 5.32 Å². The number of hydrogen-bond donors (Lipinski definition) is 1. The van der Waals surface area contributed by atoms with Gasteiger partial charge >= 0.3 is 0 Å². The van der Waals surface area contributed by atoms with Crippen molar-refractivity contribution in [3.63, 3.8) is 0 Å². The smallest absolute Gasteiger partial charge is 0.258 e. The molecule has 0 aliphatic rings. The van der Waals surface area contributed by atoms with Crippen molar-refractivity contribution in [1.82, 2.24) is 0 Å². The van der Waals surface area contributed by atoms with Crippen LogP contribution >= 0.6 is 0 Å². The van der Waals surface area contributed by atoms with Crippen LogP contribution in [0.1, 0.15) is 10.4 Å². The van der Waals surface area contributed by atoms with E-state index < -0.39 is 29.0 Å². The average Bonchev–Trinajstić information content (AvgIpc) is 2.83. The molecule has 2 aromatic rings. The number of hydrogen-bond acceptors (Lipinski definition) is 2. The first-order valence-corrected chi connectivity index (χ1v) is 4.56. The Bertz CT molecular complexity index is 552. The predicted octanol–water partition coefficient (Wildman–Crippen LogP) is 2.95. The summed E-state index contributed by atoms with van der Waals surface area (Å²) in [6.07, 6.45) is 2.41. The normalized spacial score (nSPS) is 10.3. The Morgan fingerprint density at radius 1 is 1.12 bits per heavy atom. The fraction of sp³-hybridized carbons (Fsp3) is 0. The fourth-order valence-corrected chi connectivity index (χ4v) is 1.21. The van der Waals surface area contributed by atoms with Crippen LogP contribution in [-0.2, 0) is 0 Å². The summed E-state index contributed by atoms with van der Waals surface area (Å²) in [5.41, 5.74) is -0.288. The predicted molar refractivity (Wildman–Crippen MR) is 53.0 cm³/mol. The Hall–Kier alpha value is -2.24. The van der Waals surface area contributed by atoms with Gasteiger partial charge < -0.3 is 9.73 Å². The van der Waals surface area contributed by atoms with Crippen molar-refractivity contribution in [2.45, 2.75) is 0 Å². The van der Waals surface area contributed by atoms with Crippen molar-refractivity contribution in [2.24, 2.45) is 0 Å². The number of rotatable bonds is 2. The molecule has 1 heterocycles. The van der Waals surface area contributed by atoms with E-state index in [4.69, 9.17) is 0 Å². The molecule has 1 N–H and O–H groups in total. The molecule has 2 rings (SSSR count). The molecule has 0 aliphatic heterocycles. The number of amides is 1. The Labute approximate surface area is 93.9 Å². The van der Waals surface area contributed by atoms with Gasteiger partial charge in [-0.2, -0.15) is 0 Å². The highest BCUT2D eigenvalue weighted by atomic mass is 19.2. The fourth-order valence-electron chi connectivity index (χ4n) is 1.21. The molecule has 1 aromatic heterocycles. The maximum Gasteiger partial charge on any atom is 0.258 e. The van der Waals surface area contributed by atoms with Crippen LogP contribution in [0.3, 0.4) is 0 Å². The standard InChI is InChI=1S/C11H6F3NO2/c12-7-1-2-8(10(14)9(7)13)15-11(16)6-3-4-17-5-6/h1-5H,(H,15,16). The van der Waals surface area contributed by atoms with E-state index >= 15 is 0 Å². The summed E-state index contributed by atoms with van der Waals surface area (Å²) in [4.78, 5) is 11.5. The van der Waals surface area contributed by atoms with Crippen LogP contribution in [0.15, 0.2) is 35.1 Å². The van der Waals surface area contributed by atoms with Gasteiger partial charge in [-0.3, -0.25) is 4.79 Å². The zero-order valence-corrected chi connectivity index (χ0v) is 8.34. The second-order valence-electron chi connectivity index (χ2n) is 3.19. The molecule has 1 aromatic carbocycles. The summed E-state index contributed by atoms with van der Waals surface area (Å²) in [5.74, 6) is -5.07. The Kier molecular flexibility index (Phi) is 2.86. The minimum atomic E-state index is -1.63. The van der Waals surface area contributed by atoms with E-state index in [0.29, 0.717) is 0 Å². The van der Waals surface area contributed by atoms with Gasteiger partial charge in [0.1, 0.15) is 6.26 Å². The zero-order chi connectivity index (χ0) is 12.4. The summed E-state index contributed by atoms with van der Waals surface area (Å²) in [5, 5.41) is 2.10. The summed E-state index contributed by atoms with van der Waals surface area (Å²) < 4.78 is 43.4. The largest absolute Gasteiger partial charge is 0.472 e. The van der Waals surface area contributed by atoms with Gasteiger partial charge in [-0.05, 0) is 18.2 Å². The number of benzene rings is 1. The van der Waals surface area contributed by atoms with E-state index in [0.717, 1.165) is 18.4 Å². The van der Waals surface area contributed by atoms with E-state index in [9.17, 15) is 18.0 Å². The monoisotopic (exact) mass is 241 g/mol. The molecule has 0 fully saturated rings. The van der Waals surface area contributed by atoms with Crippen molar-refractivity contribution >= 4 is 11.6 Å². The highest BCUT2D eigenvalue weighted by Crippen LogP contribution is 2.20. The van der Waals surface area contributed by atoms with Gasteiger partial charge in [0.2, 0.25) is 0 Å². The molecule has 0 saturated heterocycles. The molecule has 0 radical (unpaired) electrons. The van der Waals surface area contributed by atoms with E-state index in [-0.39, 0.29) is 5.56 Å².